The molecule has 0 bridgehead atoms. The van der Waals surface area contributed by atoms with Crippen LogP contribution in [0.2, 0.25) is 0 Å². The van der Waals surface area contributed by atoms with Crippen LogP contribution in [0.4, 0.5) is 5.69 Å². The molecular formula is C25H27N3O6. The Bertz CT molecular complexity index is 1180. The topological polar surface area (TPSA) is 117 Å². The van der Waals surface area contributed by atoms with Gasteiger partial charge in [-0.25, -0.2) is 0 Å². The summed E-state index contributed by atoms with van der Waals surface area (Å²) in [5.41, 5.74) is 0.711. The number of anilines is 1. The molecule has 9 nitrogen and oxygen atoms in total. The number of imide groups is 1. The zero-order valence-corrected chi connectivity index (χ0v) is 19.2. The van der Waals surface area contributed by atoms with Gasteiger partial charge in [-0.15, -0.1) is 0 Å². The SMILES string of the molecule is COc1ccc(CCN2C(=O)C3C(C(C)O)NC4(C(=O)Nc5ccccc54)C3C2=O)cc1OC. The van der Waals surface area contributed by atoms with Crippen LogP contribution >= 0.6 is 0 Å². The van der Waals surface area contributed by atoms with Gasteiger partial charge >= 0.3 is 0 Å². The first-order chi connectivity index (χ1) is 16.3. The van der Waals surface area contributed by atoms with E-state index >= 15 is 0 Å². The molecule has 5 rings (SSSR count). The number of fused-ring (bicyclic) bond motifs is 4. The molecule has 0 aromatic heterocycles. The smallest absolute Gasteiger partial charge is 0.250 e. The lowest BCUT2D eigenvalue weighted by molar-refractivity contribution is -0.143. The molecule has 3 aliphatic rings. The number of carbonyl (C=O) groups excluding carboxylic acids is 3. The quantitative estimate of drug-likeness (QED) is 0.546. The van der Waals surface area contributed by atoms with E-state index in [1.54, 1.807) is 51.5 Å². The number of nitrogens with zero attached hydrogens (tertiary/aromatic N) is 1. The summed E-state index contributed by atoms with van der Waals surface area (Å²) in [5, 5.41) is 16.5. The molecule has 2 fully saturated rings. The molecule has 9 heteroatoms. The number of methoxy groups -OCH3 is 2. The minimum absolute atomic E-state index is 0.159. The Kier molecular flexibility index (Phi) is 5.33. The summed E-state index contributed by atoms with van der Waals surface area (Å²) in [5.74, 6) is -1.78. The van der Waals surface area contributed by atoms with Crippen LogP contribution in [0.3, 0.4) is 0 Å². The summed E-state index contributed by atoms with van der Waals surface area (Å²) < 4.78 is 10.6. The number of rotatable bonds is 6. The molecule has 34 heavy (non-hydrogen) atoms. The van der Waals surface area contributed by atoms with E-state index in [-0.39, 0.29) is 18.4 Å². The van der Waals surface area contributed by atoms with E-state index in [1.807, 2.05) is 12.1 Å². The number of nitrogens with one attached hydrogen (secondary N) is 2. The number of hydrogen-bond acceptors (Lipinski definition) is 7. The first kappa shape index (κ1) is 22.4. The second-order valence-electron chi connectivity index (χ2n) is 8.99. The van der Waals surface area contributed by atoms with Gasteiger partial charge in [-0.1, -0.05) is 24.3 Å². The van der Waals surface area contributed by atoms with Gasteiger partial charge in [0.2, 0.25) is 17.7 Å². The van der Waals surface area contributed by atoms with E-state index in [9.17, 15) is 19.5 Å². The standard InChI is InChI=1S/C25H27N3O6/c1-13(29)21-19-20(25(27-21)15-6-4-5-7-16(15)26-24(25)32)23(31)28(22(19)30)11-10-14-8-9-17(33-2)18(12-14)34-3/h4-9,12-13,19-21,27,29H,10-11H2,1-3H3,(H,26,32). The van der Waals surface area contributed by atoms with Gasteiger partial charge in [0.05, 0.1) is 32.2 Å². The average Bonchev–Trinajstić information content (AvgIpc) is 3.42. The molecule has 1 spiro atoms. The highest BCUT2D eigenvalue weighted by Crippen LogP contribution is 2.53. The zero-order valence-electron chi connectivity index (χ0n) is 19.2. The van der Waals surface area contributed by atoms with Crippen LogP contribution in [0, 0.1) is 11.8 Å². The van der Waals surface area contributed by atoms with Gasteiger partial charge in [0.1, 0.15) is 5.54 Å². The number of carbonyl (C=O) groups is 3. The second-order valence-corrected chi connectivity index (χ2v) is 8.99. The van der Waals surface area contributed by atoms with Crippen LogP contribution in [0.5, 0.6) is 11.5 Å². The first-order valence-electron chi connectivity index (χ1n) is 11.3. The molecule has 2 aromatic rings. The first-order valence-corrected chi connectivity index (χ1v) is 11.3. The van der Waals surface area contributed by atoms with Crippen molar-refractivity contribution < 1.29 is 29.0 Å². The lowest BCUT2D eigenvalue weighted by Crippen LogP contribution is -2.54. The van der Waals surface area contributed by atoms with Gasteiger partial charge < -0.3 is 19.9 Å². The van der Waals surface area contributed by atoms with Crippen LogP contribution in [0.15, 0.2) is 42.5 Å². The van der Waals surface area contributed by atoms with E-state index in [0.717, 1.165) is 5.56 Å². The van der Waals surface area contributed by atoms with Crippen molar-refractivity contribution in [2.45, 2.75) is 31.0 Å². The molecule has 0 saturated carbocycles. The number of para-hydroxylation sites is 1. The number of likely N-dealkylation sites (tertiary alicyclic amines) is 1. The molecule has 178 valence electrons. The second kappa shape index (κ2) is 8.11. The Morgan fingerprint density at radius 2 is 1.79 bits per heavy atom. The van der Waals surface area contributed by atoms with Crippen molar-refractivity contribution in [3.8, 4) is 11.5 Å². The van der Waals surface area contributed by atoms with Gasteiger partial charge in [0.25, 0.3) is 0 Å². The predicted octanol–water partition coefficient (Wildman–Crippen LogP) is 1.05. The lowest BCUT2D eigenvalue weighted by Gasteiger charge is -2.30. The fourth-order valence-corrected chi connectivity index (χ4v) is 5.66. The molecule has 3 aliphatic heterocycles. The predicted molar refractivity (Wildman–Crippen MR) is 122 cm³/mol. The summed E-state index contributed by atoms with van der Waals surface area (Å²) in [6, 6.07) is 11.9. The van der Waals surface area contributed by atoms with Crippen LogP contribution in [0.25, 0.3) is 0 Å². The Balaban J connectivity index is 1.47. The molecule has 3 heterocycles. The van der Waals surface area contributed by atoms with E-state index in [2.05, 4.69) is 10.6 Å². The Hall–Kier alpha value is -3.43. The number of benzene rings is 2. The van der Waals surface area contributed by atoms with E-state index in [1.165, 1.54) is 4.90 Å². The third-order valence-corrected chi connectivity index (χ3v) is 7.24. The van der Waals surface area contributed by atoms with Crippen molar-refractivity contribution in [2.24, 2.45) is 11.8 Å². The molecular weight excluding hydrogens is 438 g/mol. The molecule has 0 radical (unpaired) electrons. The van der Waals surface area contributed by atoms with E-state index in [0.29, 0.717) is 29.2 Å². The van der Waals surface area contributed by atoms with E-state index < -0.39 is 35.4 Å². The largest absolute Gasteiger partial charge is 0.493 e. The number of aliphatic hydroxyl groups is 1. The molecule has 5 unspecified atom stereocenters. The van der Waals surface area contributed by atoms with Crippen LogP contribution < -0.4 is 20.1 Å². The normalized spacial score (nSPS) is 28.2. The molecule has 2 aromatic carbocycles. The van der Waals surface area contributed by atoms with Crippen molar-refractivity contribution in [1.29, 1.82) is 0 Å². The van der Waals surface area contributed by atoms with Gasteiger partial charge in [0, 0.05) is 23.8 Å². The number of hydrogen-bond donors (Lipinski definition) is 3. The van der Waals surface area contributed by atoms with Crippen molar-refractivity contribution in [3.63, 3.8) is 0 Å². The monoisotopic (exact) mass is 465 g/mol. The summed E-state index contributed by atoms with van der Waals surface area (Å²) in [6.45, 7) is 1.72. The number of ether oxygens (including phenoxy) is 2. The van der Waals surface area contributed by atoms with Crippen LogP contribution in [0.1, 0.15) is 18.1 Å². The molecule has 3 N–H and O–H groups in total. The highest BCUT2D eigenvalue weighted by Gasteiger charge is 2.70. The Morgan fingerprint density at radius 1 is 1.06 bits per heavy atom. The minimum atomic E-state index is -1.40. The molecule has 2 saturated heterocycles. The van der Waals surface area contributed by atoms with Crippen molar-refractivity contribution >= 4 is 23.4 Å². The highest BCUT2D eigenvalue weighted by atomic mass is 16.5. The maximum Gasteiger partial charge on any atom is 0.250 e. The summed E-state index contributed by atoms with van der Waals surface area (Å²) >= 11 is 0. The van der Waals surface area contributed by atoms with Gasteiger partial charge in [-0.3, -0.25) is 24.6 Å². The molecule has 3 amide bonds. The fourth-order valence-electron chi connectivity index (χ4n) is 5.66. The van der Waals surface area contributed by atoms with Gasteiger partial charge in [-0.05, 0) is 37.1 Å². The number of aliphatic hydroxyl groups excluding tert-OH is 1. The van der Waals surface area contributed by atoms with Gasteiger partial charge in [0.15, 0.2) is 11.5 Å². The Labute approximate surface area is 197 Å². The third-order valence-electron chi connectivity index (χ3n) is 7.24. The van der Waals surface area contributed by atoms with Crippen molar-refractivity contribution in [3.05, 3.63) is 53.6 Å². The maximum atomic E-state index is 13.7. The Morgan fingerprint density at radius 3 is 2.50 bits per heavy atom. The zero-order chi connectivity index (χ0) is 24.2. The fraction of sp³-hybridized carbons (Fsp3) is 0.400. The van der Waals surface area contributed by atoms with Crippen molar-refractivity contribution in [2.75, 3.05) is 26.1 Å². The van der Waals surface area contributed by atoms with Crippen LogP contribution in [-0.2, 0) is 26.3 Å². The third kappa shape index (κ3) is 3.04. The van der Waals surface area contributed by atoms with Gasteiger partial charge in [-0.2, -0.15) is 0 Å². The summed E-state index contributed by atoms with van der Waals surface area (Å²) in [4.78, 5) is 41.7. The number of amides is 3. The van der Waals surface area contributed by atoms with Crippen molar-refractivity contribution in [1.82, 2.24) is 10.2 Å². The minimum Gasteiger partial charge on any atom is -0.493 e. The maximum absolute atomic E-state index is 13.7. The van der Waals surface area contributed by atoms with Crippen LogP contribution in [-0.4, -0.2) is 60.6 Å². The highest BCUT2D eigenvalue weighted by molar-refractivity contribution is 6.15. The lowest BCUT2D eigenvalue weighted by atomic mass is 9.76. The molecule has 5 atom stereocenters. The average molecular weight is 466 g/mol. The van der Waals surface area contributed by atoms with E-state index in [4.69, 9.17) is 9.47 Å². The molecule has 0 aliphatic carbocycles. The summed E-state index contributed by atoms with van der Waals surface area (Å²) in [7, 11) is 3.10. The summed E-state index contributed by atoms with van der Waals surface area (Å²) in [6.07, 6.45) is -0.519.